The van der Waals surface area contributed by atoms with Gasteiger partial charge in [-0.05, 0) is 65.8 Å². The predicted molar refractivity (Wildman–Crippen MR) is 107 cm³/mol. The standard InChI is InChI=1S/C21H34N4O4/c1-20(2,3)29-19(28)22-13-7-16(8-14-22)23-10-6-9-21(15-23)17(26)24-11-4-5-12-25(24)18(21)27/h16H,4-15H2,1-3H3. The summed E-state index contributed by atoms with van der Waals surface area (Å²) in [6, 6.07) is 0.305. The summed E-state index contributed by atoms with van der Waals surface area (Å²) in [5, 5.41) is 3.42. The summed E-state index contributed by atoms with van der Waals surface area (Å²) in [7, 11) is 0. The molecule has 0 aliphatic carbocycles. The van der Waals surface area contributed by atoms with Crippen LogP contribution in [0, 0.1) is 5.41 Å². The van der Waals surface area contributed by atoms with Crippen molar-refractivity contribution in [2.24, 2.45) is 5.41 Å². The Kier molecular flexibility index (Phi) is 5.25. The monoisotopic (exact) mass is 406 g/mol. The highest BCUT2D eigenvalue weighted by molar-refractivity contribution is 6.10. The van der Waals surface area contributed by atoms with Crippen LogP contribution >= 0.6 is 0 Å². The van der Waals surface area contributed by atoms with Crippen LogP contribution in [0.25, 0.3) is 0 Å². The molecule has 4 saturated heterocycles. The number of hydrogen-bond donors (Lipinski definition) is 0. The van der Waals surface area contributed by atoms with E-state index >= 15 is 0 Å². The molecule has 0 atom stereocenters. The third-order valence-corrected chi connectivity index (χ3v) is 6.72. The molecule has 0 radical (unpaired) electrons. The molecule has 3 amide bonds. The molecule has 0 N–H and O–H groups in total. The molecular weight excluding hydrogens is 372 g/mol. The van der Waals surface area contributed by atoms with E-state index in [1.54, 1.807) is 14.9 Å². The number of rotatable bonds is 1. The van der Waals surface area contributed by atoms with Crippen molar-refractivity contribution in [1.29, 1.82) is 0 Å². The van der Waals surface area contributed by atoms with Gasteiger partial charge in [0.25, 0.3) is 11.8 Å². The predicted octanol–water partition coefficient (Wildman–Crippen LogP) is 1.85. The summed E-state index contributed by atoms with van der Waals surface area (Å²) < 4.78 is 5.49. The van der Waals surface area contributed by atoms with E-state index in [0.29, 0.717) is 45.2 Å². The number of carbonyl (C=O) groups is 3. The zero-order valence-electron chi connectivity index (χ0n) is 18.0. The lowest BCUT2D eigenvalue weighted by Crippen LogP contribution is -2.56. The molecule has 0 aromatic rings. The lowest BCUT2D eigenvalue weighted by molar-refractivity contribution is -0.150. The van der Waals surface area contributed by atoms with E-state index in [-0.39, 0.29) is 17.9 Å². The zero-order valence-corrected chi connectivity index (χ0v) is 18.0. The molecule has 8 nitrogen and oxygen atoms in total. The van der Waals surface area contributed by atoms with Gasteiger partial charge in [-0.1, -0.05) is 0 Å². The van der Waals surface area contributed by atoms with Gasteiger partial charge in [-0.25, -0.2) is 4.79 Å². The minimum Gasteiger partial charge on any atom is -0.444 e. The Balaban J connectivity index is 1.39. The highest BCUT2D eigenvalue weighted by atomic mass is 16.6. The van der Waals surface area contributed by atoms with Crippen molar-refractivity contribution >= 4 is 17.9 Å². The number of carbonyl (C=O) groups excluding carboxylic acids is 3. The van der Waals surface area contributed by atoms with Gasteiger partial charge in [0, 0.05) is 38.8 Å². The maximum atomic E-state index is 13.2. The van der Waals surface area contributed by atoms with Crippen molar-refractivity contribution < 1.29 is 19.1 Å². The van der Waals surface area contributed by atoms with Crippen LogP contribution in [0.15, 0.2) is 0 Å². The average Bonchev–Trinajstić information content (AvgIpc) is 2.89. The van der Waals surface area contributed by atoms with Crippen LogP contribution in [0.1, 0.15) is 59.3 Å². The SMILES string of the molecule is CC(C)(C)OC(=O)N1CCC(N2CCCC3(C2)C(=O)N2CCCCN2C3=O)CC1. The molecule has 4 aliphatic heterocycles. The molecule has 0 aromatic heterocycles. The molecule has 0 saturated carbocycles. The van der Waals surface area contributed by atoms with E-state index in [1.807, 2.05) is 20.8 Å². The maximum Gasteiger partial charge on any atom is 0.410 e. The second-order valence-corrected chi connectivity index (χ2v) is 9.92. The van der Waals surface area contributed by atoms with E-state index in [1.165, 1.54) is 0 Å². The smallest absolute Gasteiger partial charge is 0.410 e. The molecule has 4 aliphatic rings. The molecule has 1 spiro atoms. The Hall–Kier alpha value is -1.83. The maximum absolute atomic E-state index is 13.2. The third kappa shape index (κ3) is 3.71. The lowest BCUT2D eigenvalue weighted by Gasteiger charge is -2.44. The van der Waals surface area contributed by atoms with Crippen molar-refractivity contribution in [2.75, 3.05) is 39.3 Å². The minimum atomic E-state index is -0.884. The molecule has 0 unspecified atom stereocenters. The average molecular weight is 407 g/mol. The summed E-state index contributed by atoms with van der Waals surface area (Å²) >= 11 is 0. The van der Waals surface area contributed by atoms with Crippen LogP contribution in [0.2, 0.25) is 0 Å². The van der Waals surface area contributed by atoms with Gasteiger partial charge in [0.2, 0.25) is 0 Å². The molecule has 29 heavy (non-hydrogen) atoms. The molecule has 4 rings (SSSR count). The molecule has 162 valence electrons. The number of fused-ring (bicyclic) bond motifs is 1. The molecule has 0 bridgehead atoms. The highest BCUT2D eigenvalue weighted by Crippen LogP contribution is 2.42. The summed E-state index contributed by atoms with van der Waals surface area (Å²) in [6.07, 6.45) is 4.92. The highest BCUT2D eigenvalue weighted by Gasteiger charge is 2.60. The van der Waals surface area contributed by atoms with Crippen LogP contribution in [0.3, 0.4) is 0 Å². The van der Waals surface area contributed by atoms with Crippen molar-refractivity contribution in [3.05, 3.63) is 0 Å². The first kappa shape index (κ1) is 20.4. The second-order valence-electron chi connectivity index (χ2n) is 9.92. The number of amides is 3. The number of likely N-dealkylation sites (tertiary alicyclic amines) is 2. The first-order valence-corrected chi connectivity index (χ1v) is 11.1. The molecule has 4 heterocycles. The van der Waals surface area contributed by atoms with Crippen LogP contribution in [-0.2, 0) is 14.3 Å². The normalized spacial score (nSPS) is 26.2. The largest absolute Gasteiger partial charge is 0.444 e. The van der Waals surface area contributed by atoms with Gasteiger partial charge in [-0.2, -0.15) is 0 Å². The Morgan fingerprint density at radius 3 is 2.07 bits per heavy atom. The minimum absolute atomic E-state index is 0.0121. The van der Waals surface area contributed by atoms with Crippen molar-refractivity contribution in [2.45, 2.75) is 70.9 Å². The summed E-state index contributed by atoms with van der Waals surface area (Å²) in [6.45, 7) is 9.72. The third-order valence-electron chi connectivity index (χ3n) is 6.72. The number of hydrogen-bond acceptors (Lipinski definition) is 5. The van der Waals surface area contributed by atoms with Gasteiger partial charge in [-0.3, -0.25) is 24.5 Å². The number of piperidine rings is 2. The quantitative estimate of drug-likeness (QED) is 0.622. The van der Waals surface area contributed by atoms with Gasteiger partial charge < -0.3 is 9.64 Å². The summed E-state index contributed by atoms with van der Waals surface area (Å²) in [4.78, 5) is 42.8. The molecular formula is C21H34N4O4. The second kappa shape index (κ2) is 7.45. The van der Waals surface area contributed by atoms with Crippen LogP contribution < -0.4 is 0 Å². The van der Waals surface area contributed by atoms with Gasteiger partial charge in [0.05, 0.1) is 0 Å². The summed E-state index contributed by atoms with van der Waals surface area (Å²) in [5.74, 6) is 0.0242. The van der Waals surface area contributed by atoms with Crippen LogP contribution in [-0.4, -0.2) is 88.6 Å². The molecule has 4 fully saturated rings. The van der Waals surface area contributed by atoms with Gasteiger partial charge in [0.1, 0.15) is 11.0 Å². The van der Waals surface area contributed by atoms with E-state index in [2.05, 4.69) is 4.90 Å². The topological polar surface area (TPSA) is 73.4 Å². The van der Waals surface area contributed by atoms with Crippen LogP contribution in [0.5, 0.6) is 0 Å². The first-order chi connectivity index (χ1) is 13.7. The number of nitrogens with zero attached hydrogens (tertiary/aromatic N) is 4. The van der Waals surface area contributed by atoms with Crippen molar-refractivity contribution in [1.82, 2.24) is 19.8 Å². The Labute approximate surface area is 173 Å². The zero-order chi connectivity index (χ0) is 20.8. The summed E-state index contributed by atoms with van der Waals surface area (Å²) in [5.41, 5.74) is -1.37. The lowest BCUT2D eigenvalue weighted by atomic mass is 9.78. The van der Waals surface area contributed by atoms with E-state index < -0.39 is 11.0 Å². The Bertz CT molecular complexity index is 657. The van der Waals surface area contributed by atoms with Gasteiger partial charge in [0.15, 0.2) is 0 Å². The van der Waals surface area contributed by atoms with E-state index in [0.717, 1.165) is 38.6 Å². The first-order valence-electron chi connectivity index (χ1n) is 11.1. The number of ether oxygens (including phenoxy) is 1. The van der Waals surface area contributed by atoms with Crippen LogP contribution in [0.4, 0.5) is 4.79 Å². The fraction of sp³-hybridized carbons (Fsp3) is 0.857. The fourth-order valence-electron chi connectivity index (χ4n) is 5.26. The fourth-order valence-corrected chi connectivity index (χ4v) is 5.26. The molecule has 0 aromatic carbocycles. The van der Waals surface area contributed by atoms with Crippen molar-refractivity contribution in [3.8, 4) is 0 Å². The van der Waals surface area contributed by atoms with E-state index in [4.69, 9.17) is 4.74 Å². The number of hydrazine groups is 1. The van der Waals surface area contributed by atoms with Gasteiger partial charge >= 0.3 is 6.09 Å². The van der Waals surface area contributed by atoms with Crippen molar-refractivity contribution in [3.63, 3.8) is 0 Å². The Morgan fingerprint density at radius 2 is 1.52 bits per heavy atom. The van der Waals surface area contributed by atoms with Gasteiger partial charge in [-0.15, -0.1) is 0 Å². The van der Waals surface area contributed by atoms with E-state index in [9.17, 15) is 14.4 Å². The molecule has 8 heteroatoms. The Morgan fingerprint density at radius 1 is 0.931 bits per heavy atom.